The number of alkyl halides is 1. The Balaban J connectivity index is 2.47. The van der Waals surface area contributed by atoms with Gasteiger partial charge in [-0.15, -0.1) is 0 Å². The molecule has 1 saturated carbocycles. The SMILES string of the molecule is CC(C)(Br)C(=O)NC1CCC1(C)C. The molecule has 1 atom stereocenters. The highest BCUT2D eigenvalue weighted by Crippen LogP contribution is 2.40. The molecular weight excluding hydrogens is 230 g/mol. The first kappa shape index (κ1) is 11.0. The zero-order valence-corrected chi connectivity index (χ0v) is 10.4. The van der Waals surface area contributed by atoms with E-state index in [9.17, 15) is 4.79 Å². The molecule has 1 fully saturated rings. The van der Waals surface area contributed by atoms with Crippen LogP contribution in [0, 0.1) is 5.41 Å². The molecule has 1 aliphatic carbocycles. The summed E-state index contributed by atoms with van der Waals surface area (Å²) in [5.74, 6) is 0.0882. The van der Waals surface area contributed by atoms with Crippen molar-refractivity contribution in [1.29, 1.82) is 0 Å². The van der Waals surface area contributed by atoms with E-state index in [1.165, 1.54) is 6.42 Å². The van der Waals surface area contributed by atoms with E-state index in [-0.39, 0.29) is 11.3 Å². The van der Waals surface area contributed by atoms with Crippen LogP contribution in [0.25, 0.3) is 0 Å². The molecule has 0 radical (unpaired) electrons. The van der Waals surface area contributed by atoms with Crippen LogP contribution in [0.4, 0.5) is 0 Å². The van der Waals surface area contributed by atoms with Gasteiger partial charge in [-0.2, -0.15) is 0 Å². The number of hydrogen-bond donors (Lipinski definition) is 1. The highest BCUT2D eigenvalue weighted by Gasteiger charge is 2.40. The minimum atomic E-state index is -0.446. The quantitative estimate of drug-likeness (QED) is 0.747. The van der Waals surface area contributed by atoms with Crippen molar-refractivity contribution in [3.05, 3.63) is 0 Å². The molecule has 2 nitrogen and oxygen atoms in total. The lowest BCUT2D eigenvalue weighted by atomic mass is 9.67. The molecule has 1 unspecified atom stereocenters. The number of hydrogen-bond acceptors (Lipinski definition) is 1. The van der Waals surface area contributed by atoms with Crippen molar-refractivity contribution < 1.29 is 4.79 Å². The molecule has 0 aromatic heterocycles. The number of carbonyl (C=O) groups excluding carboxylic acids is 1. The third kappa shape index (κ3) is 2.46. The van der Waals surface area contributed by atoms with E-state index in [0.29, 0.717) is 6.04 Å². The molecule has 1 N–H and O–H groups in total. The molecule has 1 rings (SSSR count). The largest absolute Gasteiger partial charge is 0.352 e. The average Bonchev–Trinajstić information content (AvgIpc) is 1.96. The molecule has 0 bridgehead atoms. The summed E-state index contributed by atoms with van der Waals surface area (Å²) < 4.78 is -0.446. The Morgan fingerprint density at radius 3 is 2.31 bits per heavy atom. The Hall–Kier alpha value is -0.0500. The molecule has 0 aromatic carbocycles. The number of halogens is 1. The van der Waals surface area contributed by atoms with Crippen molar-refractivity contribution in [2.75, 3.05) is 0 Å². The van der Waals surface area contributed by atoms with Crippen molar-refractivity contribution in [2.45, 2.75) is 50.9 Å². The molecule has 0 saturated heterocycles. The maximum atomic E-state index is 11.6. The summed E-state index contributed by atoms with van der Waals surface area (Å²) >= 11 is 3.35. The minimum Gasteiger partial charge on any atom is -0.352 e. The van der Waals surface area contributed by atoms with Gasteiger partial charge in [0.1, 0.15) is 0 Å². The van der Waals surface area contributed by atoms with Crippen LogP contribution in [-0.2, 0) is 4.79 Å². The van der Waals surface area contributed by atoms with Crippen LogP contribution >= 0.6 is 15.9 Å². The van der Waals surface area contributed by atoms with Crippen molar-refractivity contribution in [2.24, 2.45) is 5.41 Å². The number of rotatable bonds is 2. The van der Waals surface area contributed by atoms with Gasteiger partial charge in [0.15, 0.2) is 0 Å². The van der Waals surface area contributed by atoms with Gasteiger partial charge in [0.2, 0.25) is 5.91 Å². The summed E-state index contributed by atoms with van der Waals surface area (Å²) in [7, 11) is 0. The highest BCUT2D eigenvalue weighted by atomic mass is 79.9. The van der Waals surface area contributed by atoms with Gasteiger partial charge in [-0.05, 0) is 32.1 Å². The molecule has 76 valence electrons. The predicted molar refractivity (Wildman–Crippen MR) is 58.0 cm³/mol. The van der Waals surface area contributed by atoms with Crippen molar-refractivity contribution in [1.82, 2.24) is 5.32 Å². The van der Waals surface area contributed by atoms with Crippen LogP contribution < -0.4 is 5.32 Å². The maximum absolute atomic E-state index is 11.6. The molecule has 1 amide bonds. The Morgan fingerprint density at radius 1 is 1.54 bits per heavy atom. The van der Waals surface area contributed by atoms with E-state index in [1.54, 1.807) is 0 Å². The molecule has 0 heterocycles. The van der Waals surface area contributed by atoms with Crippen LogP contribution in [0.2, 0.25) is 0 Å². The molecular formula is C10H18BrNO. The van der Waals surface area contributed by atoms with Crippen LogP contribution in [0.3, 0.4) is 0 Å². The van der Waals surface area contributed by atoms with Gasteiger partial charge in [0.25, 0.3) is 0 Å². The second-order valence-electron chi connectivity index (χ2n) is 5.03. The normalized spacial score (nSPS) is 26.4. The fraction of sp³-hybridized carbons (Fsp3) is 0.900. The van der Waals surface area contributed by atoms with E-state index in [4.69, 9.17) is 0 Å². The maximum Gasteiger partial charge on any atom is 0.236 e. The summed E-state index contributed by atoms with van der Waals surface area (Å²) in [5, 5.41) is 3.06. The summed E-state index contributed by atoms with van der Waals surface area (Å²) in [5.41, 5.74) is 0.286. The topological polar surface area (TPSA) is 29.1 Å². The first-order valence-electron chi connectivity index (χ1n) is 4.73. The lowest BCUT2D eigenvalue weighted by Crippen LogP contribution is -2.55. The third-order valence-electron chi connectivity index (χ3n) is 2.87. The average molecular weight is 248 g/mol. The van der Waals surface area contributed by atoms with Crippen molar-refractivity contribution in [3.63, 3.8) is 0 Å². The third-order valence-corrected chi connectivity index (χ3v) is 3.23. The van der Waals surface area contributed by atoms with Crippen LogP contribution in [0.15, 0.2) is 0 Å². The Morgan fingerprint density at radius 2 is 2.08 bits per heavy atom. The van der Waals surface area contributed by atoms with Gasteiger partial charge in [0, 0.05) is 6.04 Å². The fourth-order valence-corrected chi connectivity index (χ4v) is 1.58. The van der Waals surface area contributed by atoms with E-state index in [0.717, 1.165) is 6.42 Å². The van der Waals surface area contributed by atoms with E-state index in [1.807, 2.05) is 13.8 Å². The van der Waals surface area contributed by atoms with Crippen LogP contribution in [0.1, 0.15) is 40.5 Å². The molecule has 0 spiro atoms. The number of nitrogens with one attached hydrogen (secondary N) is 1. The summed E-state index contributed by atoms with van der Waals surface area (Å²) in [4.78, 5) is 11.6. The molecule has 0 aliphatic heterocycles. The zero-order valence-electron chi connectivity index (χ0n) is 8.78. The Bertz CT molecular complexity index is 217. The second-order valence-corrected chi connectivity index (χ2v) is 7.01. The lowest BCUT2D eigenvalue weighted by molar-refractivity contribution is -0.125. The van der Waals surface area contributed by atoms with E-state index >= 15 is 0 Å². The number of carbonyl (C=O) groups is 1. The lowest BCUT2D eigenvalue weighted by Gasteiger charge is -2.45. The predicted octanol–water partition coefficient (Wildman–Crippen LogP) is 2.46. The van der Waals surface area contributed by atoms with Gasteiger partial charge in [-0.1, -0.05) is 29.8 Å². The van der Waals surface area contributed by atoms with Gasteiger partial charge in [-0.3, -0.25) is 4.79 Å². The zero-order chi connectivity index (χ0) is 10.3. The van der Waals surface area contributed by atoms with Crippen LogP contribution in [-0.4, -0.2) is 16.3 Å². The Labute approximate surface area is 88.6 Å². The summed E-state index contributed by atoms with van der Waals surface area (Å²) in [6.07, 6.45) is 2.32. The van der Waals surface area contributed by atoms with Gasteiger partial charge >= 0.3 is 0 Å². The number of amides is 1. The highest BCUT2D eigenvalue weighted by molar-refractivity contribution is 9.10. The smallest absolute Gasteiger partial charge is 0.236 e. The Kier molecular flexibility index (Phi) is 2.77. The molecule has 0 aromatic rings. The molecule has 3 heteroatoms. The van der Waals surface area contributed by atoms with Gasteiger partial charge in [0.05, 0.1) is 4.32 Å². The van der Waals surface area contributed by atoms with Gasteiger partial charge in [-0.25, -0.2) is 0 Å². The minimum absolute atomic E-state index is 0.0882. The molecule has 1 aliphatic rings. The summed E-state index contributed by atoms with van der Waals surface area (Å²) in [6, 6.07) is 0.358. The monoisotopic (exact) mass is 247 g/mol. The second kappa shape index (κ2) is 3.26. The van der Waals surface area contributed by atoms with E-state index in [2.05, 4.69) is 35.1 Å². The van der Waals surface area contributed by atoms with Gasteiger partial charge < -0.3 is 5.32 Å². The van der Waals surface area contributed by atoms with E-state index < -0.39 is 4.32 Å². The first-order chi connectivity index (χ1) is 5.73. The van der Waals surface area contributed by atoms with Crippen LogP contribution in [0.5, 0.6) is 0 Å². The van der Waals surface area contributed by atoms with Crippen molar-refractivity contribution >= 4 is 21.8 Å². The van der Waals surface area contributed by atoms with Crippen molar-refractivity contribution in [3.8, 4) is 0 Å². The fourth-order valence-electron chi connectivity index (χ4n) is 1.46. The first-order valence-corrected chi connectivity index (χ1v) is 5.53. The molecule has 13 heavy (non-hydrogen) atoms. The standard InChI is InChI=1S/C10H18BrNO/c1-9(2)6-5-7(9)12-8(13)10(3,4)11/h7H,5-6H2,1-4H3,(H,12,13). The summed E-state index contributed by atoms with van der Waals surface area (Å²) in [6.45, 7) is 8.13.